The van der Waals surface area contributed by atoms with Gasteiger partial charge < -0.3 is 15.5 Å². The van der Waals surface area contributed by atoms with E-state index in [1.165, 1.54) is 38.5 Å². The van der Waals surface area contributed by atoms with E-state index in [2.05, 4.69) is 24.1 Å². The maximum atomic E-state index is 11.4. The molecule has 1 saturated carbocycles. The Labute approximate surface area is 145 Å². The molecule has 1 amide bonds. The largest absolute Gasteiger partial charge is 0.448 e. The predicted molar refractivity (Wildman–Crippen MR) is 95.5 cm³/mol. The van der Waals surface area contributed by atoms with Crippen LogP contribution < -0.4 is 11.1 Å². The van der Waals surface area contributed by atoms with Crippen molar-refractivity contribution in [2.45, 2.75) is 90.1 Å². The van der Waals surface area contributed by atoms with Crippen molar-refractivity contribution >= 4 is 5.91 Å². The summed E-state index contributed by atoms with van der Waals surface area (Å²) in [5, 5.41) is 3.33. The summed E-state index contributed by atoms with van der Waals surface area (Å²) in [6.07, 6.45) is 12.2. The summed E-state index contributed by atoms with van der Waals surface area (Å²) in [5.74, 6) is 1.26. The highest BCUT2D eigenvalue weighted by Crippen LogP contribution is 2.31. The van der Waals surface area contributed by atoms with Crippen LogP contribution in [0.3, 0.4) is 0 Å². The van der Waals surface area contributed by atoms with E-state index in [0.717, 1.165) is 24.5 Å². The molecule has 1 atom stereocenters. The molecule has 0 aromatic carbocycles. The van der Waals surface area contributed by atoms with Crippen LogP contribution in [0.4, 0.5) is 0 Å². The first-order valence-corrected chi connectivity index (χ1v) is 9.50. The molecule has 24 heavy (non-hydrogen) atoms. The van der Waals surface area contributed by atoms with Crippen LogP contribution in [0.25, 0.3) is 0 Å². The molecule has 0 radical (unpaired) electrons. The second kappa shape index (κ2) is 9.82. The van der Waals surface area contributed by atoms with Gasteiger partial charge in [0, 0.05) is 24.9 Å². The molecule has 0 spiro atoms. The molecule has 0 saturated heterocycles. The van der Waals surface area contributed by atoms with Crippen molar-refractivity contribution in [1.29, 1.82) is 0 Å². The van der Waals surface area contributed by atoms with Gasteiger partial charge in [0.25, 0.3) is 0 Å². The van der Waals surface area contributed by atoms with Gasteiger partial charge in [0.1, 0.15) is 6.26 Å². The maximum absolute atomic E-state index is 11.4. The van der Waals surface area contributed by atoms with E-state index in [1.54, 1.807) is 6.26 Å². The molecule has 0 bridgehead atoms. The van der Waals surface area contributed by atoms with Gasteiger partial charge in [0.05, 0.1) is 5.69 Å². The molecule has 136 valence electrons. The third-order valence-corrected chi connectivity index (χ3v) is 4.95. The van der Waals surface area contributed by atoms with Crippen LogP contribution in [0.5, 0.6) is 0 Å². The predicted octanol–water partition coefficient (Wildman–Crippen LogP) is 3.88. The van der Waals surface area contributed by atoms with Crippen LogP contribution in [0.2, 0.25) is 0 Å². The Balaban J connectivity index is 1.86. The van der Waals surface area contributed by atoms with Crippen LogP contribution >= 0.6 is 0 Å². The first-order valence-electron chi connectivity index (χ1n) is 9.50. The summed E-state index contributed by atoms with van der Waals surface area (Å²) in [7, 11) is 0. The van der Waals surface area contributed by atoms with Crippen molar-refractivity contribution in [1.82, 2.24) is 10.3 Å². The van der Waals surface area contributed by atoms with Crippen LogP contribution in [-0.2, 0) is 11.3 Å². The number of carbonyl (C=O) groups excluding carboxylic acids is 1. The molecular formula is C19H33N3O2. The molecule has 1 fully saturated rings. The smallest absolute Gasteiger partial charge is 0.218 e. The zero-order chi connectivity index (χ0) is 17.4. The fraction of sp³-hybridized carbons (Fsp3) is 0.789. The van der Waals surface area contributed by atoms with Gasteiger partial charge in [-0.15, -0.1) is 0 Å². The molecular weight excluding hydrogens is 302 g/mol. The molecule has 0 aliphatic heterocycles. The van der Waals surface area contributed by atoms with Gasteiger partial charge in [-0.3, -0.25) is 4.79 Å². The van der Waals surface area contributed by atoms with Crippen molar-refractivity contribution in [3.05, 3.63) is 17.8 Å². The van der Waals surface area contributed by atoms with Gasteiger partial charge in [0.15, 0.2) is 5.89 Å². The fourth-order valence-corrected chi connectivity index (χ4v) is 3.58. The van der Waals surface area contributed by atoms with Gasteiger partial charge >= 0.3 is 0 Å². The minimum absolute atomic E-state index is 0.0129. The van der Waals surface area contributed by atoms with Gasteiger partial charge in [-0.1, -0.05) is 58.8 Å². The Hall–Kier alpha value is -1.36. The average molecular weight is 335 g/mol. The van der Waals surface area contributed by atoms with Crippen molar-refractivity contribution in [2.24, 2.45) is 11.7 Å². The molecule has 1 heterocycles. The Morgan fingerprint density at radius 1 is 1.38 bits per heavy atom. The summed E-state index contributed by atoms with van der Waals surface area (Å²) < 4.78 is 5.64. The second-order valence-corrected chi connectivity index (χ2v) is 7.51. The fourth-order valence-electron chi connectivity index (χ4n) is 3.58. The Morgan fingerprint density at radius 2 is 2.12 bits per heavy atom. The number of aromatic nitrogens is 1. The van der Waals surface area contributed by atoms with Gasteiger partial charge in [0.2, 0.25) is 5.91 Å². The van der Waals surface area contributed by atoms with E-state index in [1.807, 2.05) is 0 Å². The average Bonchev–Trinajstić information content (AvgIpc) is 3.01. The minimum atomic E-state index is -0.280. The molecule has 5 nitrogen and oxygen atoms in total. The number of primary amides is 1. The summed E-state index contributed by atoms with van der Waals surface area (Å²) in [6, 6.07) is 0.405. The monoisotopic (exact) mass is 335 g/mol. The lowest BCUT2D eigenvalue weighted by molar-refractivity contribution is -0.118. The number of hydrogen-bond acceptors (Lipinski definition) is 4. The SMILES string of the molecule is CC(C)NCc1coc([C@H](CCCC2CCCCC2)CC(N)=O)n1. The second-order valence-electron chi connectivity index (χ2n) is 7.51. The molecule has 3 N–H and O–H groups in total. The number of amides is 1. The number of carbonyl (C=O) groups is 1. The zero-order valence-electron chi connectivity index (χ0n) is 15.2. The number of nitrogens with zero attached hydrogens (tertiary/aromatic N) is 1. The number of nitrogens with one attached hydrogen (secondary N) is 1. The summed E-state index contributed by atoms with van der Waals surface area (Å²) in [6.45, 7) is 4.89. The van der Waals surface area contributed by atoms with Crippen molar-refractivity contribution in [3.8, 4) is 0 Å². The lowest BCUT2D eigenvalue weighted by Gasteiger charge is -2.22. The van der Waals surface area contributed by atoms with E-state index < -0.39 is 0 Å². The van der Waals surface area contributed by atoms with Gasteiger partial charge in [-0.05, 0) is 12.3 Å². The maximum Gasteiger partial charge on any atom is 0.218 e. The zero-order valence-corrected chi connectivity index (χ0v) is 15.2. The number of hydrogen-bond donors (Lipinski definition) is 2. The first kappa shape index (κ1) is 19.0. The van der Waals surface area contributed by atoms with Crippen LogP contribution in [-0.4, -0.2) is 16.9 Å². The van der Waals surface area contributed by atoms with E-state index >= 15 is 0 Å². The van der Waals surface area contributed by atoms with Crippen LogP contribution in [0.15, 0.2) is 10.7 Å². The summed E-state index contributed by atoms with van der Waals surface area (Å²) in [4.78, 5) is 16.0. The Kier molecular flexibility index (Phi) is 7.76. The first-order chi connectivity index (χ1) is 11.5. The van der Waals surface area contributed by atoms with Gasteiger partial charge in [-0.2, -0.15) is 0 Å². The van der Waals surface area contributed by atoms with Gasteiger partial charge in [-0.25, -0.2) is 4.98 Å². The molecule has 1 aromatic rings. The van der Waals surface area contributed by atoms with Crippen molar-refractivity contribution < 1.29 is 9.21 Å². The topological polar surface area (TPSA) is 81.1 Å². The molecule has 0 unspecified atom stereocenters. The van der Waals surface area contributed by atoms with E-state index in [4.69, 9.17) is 10.2 Å². The number of nitrogens with two attached hydrogens (primary N) is 1. The minimum Gasteiger partial charge on any atom is -0.448 e. The van der Waals surface area contributed by atoms with E-state index in [0.29, 0.717) is 24.9 Å². The normalized spacial score (nSPS) is 17.3. The molecule has 1 aliphatic rings. The van der Waals surface area contributed by atoms with Crippen molar-refractivity contribution in [3.63, 3.8) is 0 Å². The van der Waals surface area contributed by atoms with Crippen molar-refractivity contribution in [2.75, 3.05) is 0 Å². The Bertz CT molecular complexity index is 493. The van der Waals surface area contributed by atoms with E-state index in [-0.39, 0.29) is 11.8 Å². The van der Waals surface area contributed by atoms with E-state index in [9.17, 15) is 4.79 Å². The summed E-state index contributed by atoms with van der Waals surface area (Å²) >= 11 is 0. The Morgan fingerprint density at radius 3 is 2.79 bits per heavy atom. The lowest BCUT2D eigenvalue weighted by atomic mass is 9.84. The third kappa shape index (κ3) is 6.63. The lowest BCUT2D eigenvalue weighted by Crippen LogP contribution is -2.22. The highest BCUT2D eigenvalue weighted by molar-refractivity contribution is 5.74. The summed E-state index contributed by atoms with van der Waals surface area (Å²) in [5.41, 5.74) is 6.32. The number of oxazole rings is 1. The standard InChI is InChI=1S/C19H33N3O2/c1-14(2)21-12-17-13-24-19(22-17)16(11-18(20)23)10-6-9-15-7-4-3-5-8-15/h13-16,21H,3-12H2,1-2H3,(H2,20,23)/t16-/m1/s1. The quantitative estimate of drug-likeness (QED) is 0.680. The molecule has 5 heteroatoms. The molecule has 1 aromatic heterocycles. The van der Waals surface area contributed by atoms with Crippen LogP contribution in [0, 0.1) is 5.92 Å². The van der Waals surface area contributed by atoms with Crippen LogP contribution in [0.1, 0.15) is 89.1 Å². The number of rotatable bonds is 10. The third-order valence-electron chi connectivity index (χ3n) is 4.95. The highest BCUT2D eigenvalue weighted by Gasteiger charge is 2.21. The highest BCUT2D eigenvalue weighted by atomic mass is 16.3. The molecule has 1 aliphatic carbocycles. The molecule has 2 rings (SSSR count).